The minimum atomic E-state index is -1.69. The van der Waals surface area contributed by atoms with E-state index in [0.29, 0.717) is 89.9 Å². The highest BCUT2D eigenvalue weighted by Gasteiger charge is 2.59. The average molecular weight is 2110 g/mol. The highest BCUT2D eigenvalue weighted by atomic mass is 16.6. The summed E-state index contributed by atoms with van der Waals surface area (Å²) in [6, 6.07) is 0. The van der Waals surface area contributed by atoms with Crippen molar-refractivity contribution < 1.29 is 95.3 Å². The summed E-state index contributed by atoms with van der Waals surface area (Å²) >= 11 is 0. The van der Waals surface area contributed by atoms with Crippen molar-refractivity contribution >= 4 is 59.7 Å². The van der Waals surface area contributed by atoms with E-state index in [9.17, 15) is 19.2 Å². The summed E-state index contributed by atoms with van der Waals surface area (Å²) in [7, 11) is 0. The first-order valence-corrected chi connectivity index (χ1v) is 62.9. The van der Waals surface area contributed by atoms with E-state index in [4.69, 9.17) is 47.4 Å². The van der Waals surface area contributed by atoms with E-state index in [0.717, 1.165) is 218 Å². The van der Waals surface area contributed by atoms with Crippen LogP contribution < -0.4 is 0 Å². The van der Waals surface area contributed by atoms with Crippen molar-refractivity contribution in [1.82, 2.24) is 0 Å². The van der Waals surface area contributed by atoms with Crippen molar-refractivity contribution in [2.45, 2.75) is 647 Å². The first kappa shape index (κ1) is 144. The molecule has 8 unspecified atom stereocenters. The molecule has 0 aromatic heterocycles. The van der Waals surface area contributed by atoms with Crippen LogP contribution in [0, 0.1) is 54.1 Å². The molecule has 149 heavy (non-hydrogen) atoms. The molecule has 0 amide bonds. The van der Waals surface area contributed by atoms with Gasteiger partial charge >= 0.3 is 59.7 Å². The Balaban J connectivity index is 8.73. The Bertz CT molecular complexity index is 3290. The lowest BCUT2D eigenvalue weighted by Crippen LogP contribution is -2.49. The van der Waals surface area contributed by atoms with Gasteiger partial charge in [-0.1, -0.05) is 422 Å². The number of hydrogen-bond acceptors (Lipinski definition) is 20. The van der Waals surface area contributed by atoms with E-state index >= 15 is 28.8 Å². The molecule has 0 N–H and O–H groups in total. The number of unbranched alkanes of at least 4 members (excludes halogenated alkanes) is 58. The molecule has 0 radical (unpaired) electrons. The quantitative estimate of drug-likeness (QED) is 0.0311. The summed E-state index contributed by atoms with van der Waals surface area (Å²) in [5.41, 5.74) is -14.6. The van der Waals surface area contributed by atoms with Crippen molar-refractivity contribution in [2.24, 2.45) is 54.1 Å². The fourth-order valence-electron chi connectivity index (χ4n) is 22.9. The number of hydrogen-bond donors (Lipinski definition) is 0. The monoisotopic (exact) mass is 2110 g/mol. The van der Waals surface area contributed by atoms with E-state index < -0.39 is 114 Å². The van der Waals surface area contributed by atoms with Gasteiger partial charge in [0.15, 0.2) is 0 Å². The smallest absolute Gasteiger partial charge is 0.311 e. The summed E-state index contributed by atoms with van der Waals surface area (Å²) < 4.78 is 63.4. The average Bonchev–Trinajstić information content (AvgIpc) is 0.762. The first-order chi connectivity index (χ1) is 71.2. The van der Waals surface area contributed by atoms with Gasteiger partial charge < -0.3 is 47.4 Å². The second-order valence-electron chi connectivity index (χ2n) is 49.6. The maximum Gasteiger partial charge on any atom is 0.311 e. The predicted octanol–water partition coefficient (Wildman–Crippen LogP) is 36.8. The summed E-state index contributed by atoms with van der Waals surface area (Å²) in [6.07, 6.45) is 66.9. The van der Waals surface area contributed by atoms with E-state index in [1.54, 1.807) is 69.2 Å². The molecule has 0 rings (SSSR count). The number of carbonyl (C=O) groups excluding carboxylic acids is 10. The van der Waals surface area contributed by atoms with Crippen molar-refractivity contribution in [3.05, 3.63) is 0 Å². The largest absolute Gasteiger partial charge is 0.465 e. The highest BCUT2D eigenvalue weighted by molar-refractivity contribution is 5.87. The molecular weight excluding hydrogens is 1870 g/mol. The van der Waals surface area contributed by atoms with E-state index in [1.807, 2.05) is 27.7 Å². The van der Waals surface area contributed by atoms with Crippen LogP contribution in [0.25, 0.3) is 0 Å². The van der Waals surface area contributed by atoms with Crippen LogP contribution >= 0.6 is 0 Å². The van der Waals surface area contributed by atoms with Gasteiger partial charge in [0.2, 0.25) is 0 Å². The topological polar surface area (TPSA) is 263 Å². The van der Waals surface area contributed by atoms with Crippen LogP contribution in [0.15, 0.2) is 0 Å². The van der Waals surface area contributed by atoms with Gasteiger partial charge in [0.05, 0.1) is 120 Å². The zero-order valence-electron chi connectivity index (χ0n) is 102. The molecule has 0 spiro atoms. The lowest BCUT2D eigenvalue weighted by molar-refractivity contribution is -0.177. The third-order valence-electron chi connectivity index (χ3n) is 32.1. The zero-order valence-corrected chi connectivity index (χ0v) is 102. The van der Waals surface area contributed by atoms with Crippen LogP contribution in [-0.2, 0) is 95.3 Å². The van der Waals surface area contributed by atoms with Crippen molar-refractivity contribution in [3.63, 3.8) is 0 Å². The number of esters is 10. The zero-order chi connectivity index (χ0) is 111. The third kappa shape index (κ3) is 66.1. The van der Waals surface area contributed by atoms with Gasteiger partial charge in [-0.15, -0.1) is 0 Å². The summed E-state index contributed by atoms with van der Waals surface area (Å²) in [6.45, 7) is 44.2. The summed E-state index contributed by atoms with van der Waals surface area (Å²) in [5, 5.41) is 0. The molecule has 0 aromatic carbocycles. The number of ether oxygens (including phenoxy) is 10. The van der Waals surface area contributed by atoms with Crippen LogP contribution in [0.2, 0.25) is 0 Å². The third-order valence-corrected chi connectivity index (χ3v) is 32.1. The molecule has 0 aromatic rings. The number of carbonyl (C=O) groups is 10. The molecule has 0 saturated carbocycles. The molecule has 0 aliphatic rings. The Morgan fingerprint density at radius 2 is 0.215 bits per heavy atom. The van der Waals surface area contributed by atoms with Crippen LogP contribution in [0.4, 0.5) is 0 Å². The molecule has 0 aliphatic heterocycles. The fourth-order valence-corrected chi connectivity index (χ4v) is 22.9. The van der Waals surface area contributed by atoms with Crippen molar-refractivity contribution in [3.8, 4) is 0 Å². The molecule has 0 bridgehead atoms. The Morgan fingerprint density at radius 3 is 0.336 bits per heavy atom. The van der Waals surface area contributed by atoms with Gasteiger partial charge in [0.25, 0.3) is 0 Å². The van der Waals surface area contributed by atoms with E-state index in [1.165, 1.54) is 135 Å². The minimum absolute atomic E-state index is 0.0510. The SMILES string of the molecule is CCCCCCCCCCOC(=O)C(C)(C)CC(C)(CC(C)(CC(C)(CC(C)(CC)C(=O)OCCCCCCCCC)C(=O)OCCCCCCCCCC)C(=O)OCCCCCCOC(=O)C(C)(CC(C)(CC(C)(C)C(=O)OCCCCCCCCCC)C(=O)OCCCCCCCCCC)CC(C)(CC(C)(CC)C(=O)OCCCCCCCCCC)C(=O)OCCCCCCCCCC)C(=O)OCCCCCCCCCC. The standard InChI is InChI=1S/C129H240O20/c1-23-33-41-49-57-65-73-82-92-140-110(130)120(11,12)102-124(17,114(134)144-96-86-76-68-60-52-44-36-26-4)106-128(21,108-126(19,116(136)146-98-88-78-70-62-54-46-38-28-6)104-122(15,31-9)112(132)142-94-84-72-64-56-48-40-30-8)118(138)148-100-90-80-81-91-101-149-119(139)129(22,107-125(18,115(135)145-97-87-77-69-61-53-45-37-27-5)103-121(13,14)111(131)141-93-83-74-66-58-50-42-34-24-2)109-127(20,117(137)147-99-89-79-71-63-55-47-39-29-7)105-123(16,32-10)113(133)143-95-85-75-67-59-51-43-35-25-3/h23-109H2,1-22H3. The lowest BCUT2D eigenvalue weighted by atomic mass is 9.59. The molecule has 0 aliphatic carbocycles. The molecule has 0 fully saturated rings. The molecular formula is C129H240O20. The minimum Gasteiger partial charge on any atom is -0.465 e. The van der Waals surface area contributed by atoms with Gasteiger partial charge in [0, 0.05) is 0 Å². The Hall–Kier alpha value is -5.30. The van der Waals surface area contributed by atoms with Gasteiger partial charge in [-0.25, -0.2) is 0 Å². The van der Waals surface area contributed by atoms with Crippen molar-refractivity contribution in [2.75, 3.05) is 66.1 Å². The van der Waals surface area contributed by atoms with Crippen LogP contribution in [0.1, 0.15) is 647 Å². The molecule has 20 nitrogen and oxygen atoms in total. The number of rotatable bonds is 106. The molecule has 876 valence electrons. The molecule has 20 heteroatoms. The Labute approximate surface area is 916 Å². The summed E-state index contributed by atoms with van der Waals surface area (Å²) in [4.78, 5) is 154. The van der Waals surface area contributed by atoms with Gasteiger partial charge in [0.1, 0.15) is 0 Å². The van der Waals surface area contributed by atoms with Gasteiger partial charge in [-0.3, -0.25) is 47.9 Å². The van der Waals surface area contributed by atoms with Gasteiger partial charge in [-0.05, 0) is 224 Å². The highest BCUT2D eigenvalue weighted by Crippen LogP contribution is 2.55. The molecule has 8 atom stereocenters. The lowest BCUT2D eigenvalue weighted by Gasteiger charge is -2.44. The first-order valence-electron chi connectivity index (χ1n) is 62.9. The predicted molar refractivity (Wildman–Crippen MR) is 614 cm³/mol. The Morgan fingerprint density at radius 1 is 0.121 bits per heavy atom. The fraction of sp³-hybridized carbons (Fsp3) is 0.922. The van der Waals surface area contributed by atoms with E-state index in [-0.39, 0.29) is 117 Å². The second-order valence-corrected chi connectivity index (χ2v) is 49.6. The molecule has 0 saturated heterocycles. The van der Waals surface area contributed by atoms with Crippen LogP contribution in [0.3, 0.4) is 0 Å². The van der Waals surface area contributed by atoms with Crippen LogP contribution in [-0.4, -0.2) is 126 Å². The van der Waals surface area contributed by atoms with E-state index in [2.05, 4.69) is 55.4 Å². The molecule has 0 heterocycles. The summed E-state index contributed by atoms with van der Waals surface area (Å²) in [5.74, 6) is -5.47. The van der Waals surface area contributed by atoms with Crippen LogP contribution in [0.5, 0.6) is 0 Å². The van der Waals surface area contributed by atoms with Crippen molar-refractivity contribution in [1.29, 1.82) is 0 Å². The van der Waals surface area contributed by atoms with Gasteiger partial charge in [-0.2, -0.15) is 0 Å². The normalized spacial score (nSPS) is 15.1. The second kappa shape index (κ2) is 86.8. The Kier molecular flexibility index (Phi) is 83.7. The maximum atomic E-state index is 16.2. The maximum absolute atomic E-state index is 16.2.